The van der Waals surface area contributed by atoms with Crippen LogP contribution in [-0.4, -0.2) is 44.2 Å². The fourth-order valence-electron chi connectivity index (χ4n) is 4.99. The van der Waals surface area contributed by atoms with Gasteiger partial charge in [-0.3, -0.25) is 14.5 Å². The van der Waals surface area contributed by atoms with Crippen LogP contribution in [0.3, 0.4) is 0 Å². The number of fused-ring (bicyclic) bond motifs is 2. The molecule has 7 nitrogen and oxygen atoms in total. The second kappa shape index (κ2) is 8.23. The number of nitrogens with one attached hydrogen (secondary N) is 2. The van der Waals surface area contributed by atoms with Gasteiger partial charge in [-0.1, -0.05) is 12.1 Å². The number of para-hydroxylation sites is 2. The minimum absolute atomic E-state index is 0.0152. The van der Waals surface area contributed by atoms with Gasteiger partial charge in [0, 0.05) is 24.8 Å². The standard InChI is InChI=1S/C24H27N3O4/c1-16(24(29)27-15-23(28)25-18-6-2-3-7-20(18)27)26-11-4-8-19(26)17-9-10-21-22(14-17)31-13-5-12-30-21/h2-3,6-7,9-10,14,16,19H,4-5,8,11-13,15H2,1H3,(H,25,28)/p+1/t16-,19-/m1/s1. The molecule has 1 unspecified atom stereocenters. The lowest BCUT2D eigenvalue weighted by molar-refractivity contribution is -0.932. The van der Waals surface area contributed by atoms with E-state index in [1.165, 1.54) is 10.5 Å². The van der Waals surface area contributed by atoms with Gasteiger partial charge in [0.1, 0.15) is 12.6 Å². The largest absolute Gasteiger partial charge is 0.490 e. The average Bonchev–Trinajstić information content (AvgIpc) is 3.16. The zero-order valence-electron chi connectivity index (χ0n) is 17.7. The highest BCUT2D eigenvalue weighted by atomic mass is 16.5. The number of anilines is 2. The van der Waals surface area contributed by atoms with Crippen molar-refractivity contribution in [3.8, 4) is 11.5 Å². The smallest absolute Gasteiger partial charge is 0.285 e. The summed E-state index contributed by atoms with van der Waals surface area (Å²) in [5.74, 6) is 1.41. The van der Waals surface area contributed by atoms with Gasteiger partial charge in [-0.25, -0.2) is 0 Å². The van der Waals surface area contributed by atoms with Crippen molar-refractivity contribution in [1.82, 2.24) is 0 Å². The van der Waals surface area contributed by atoms with Gasteiger partial charge >= 0.3 is 0 Å². The molecule has 2 amide bonds. The third kappa shape index (κ3) is 3.74. The molecule has 2 N–H and O–H groups in total. The van der Waals surface area contributed by atoms with Gasteiger partial charge in [-0.15, -0.1) is 0 Å². The Labute approximate surface area is 181 Å². The van der Waals surface area contributed by atoms with E-state index in [-0.39, 0.29) is 30.4 Å². The first-order valence-corrected chi connectivity index (χ1v) is 11.1. The van der Waals surface area contributed by atoms with Crippen LogP contribution in [0.25, 0.3) is 0 Å². The normalized spacial score (nSPS) is 23.5. The summed E-state index contributed by atoms with van der Waals surface area (Å²) in [7, 11) is 0. The zero-order valence-corrected chi connectivity index (χ0v) is 17.7. The number of amides is 2. The van der Waals surface area contributed by atoms with Gasteiger partial charge in [0.2, 0.25) is 5.91 Å². The topological polar surface area (TPSA) is 72.3 Å². The fourth-order valence-corrected chi connectivity index (χ4v) is 4.99. The molecular formula is C24H28N3O4+. The van der Waals surface area contributed by atoms with Crippen LogP contribution < -0.4 is 24.6 Å². The Hall–Kier alpha value is -3.06. The number of benzene rings is 2. The summed E-state index contributed by atoms with van der Waals surface area (Å²) >= 11 is 0. The van der Waals surface area contributed by atoms with E-state index < -0.39 is 0 Å². The first-order valence-electron chi connectivity index (χ1n) is 11.1. The molecule has 162 valence electrons. The molecule has 1 fully saturated rings. The van der Waals surface area contributed by atoms with Gasteiger partial charge in [0.25, 0.3) is 5.91 Å². The third-order valence-corrected chi connectivity index (χ3v) is 6.54. The van der Waals surface area contributed by atoms with Gasteiger partial charge < -0.3 is 19.7 Å². The van der Waals surface area contributed by atoms with Crippen molar-refractivity contribution in [2.45, 2.75) is 38.3 Å². The van der Waals surface area contributed by atoms with Crippen molar-refractivity contribution in [1.29, 1.82) is 0 Å². The predicted octanol–water partition coefficient (Wildman–Crippen LogP) is 1.94. The summed E-state index contributed by atoms with van der Waals surface area (Å²) in [5.41, 5.74) is 2.63. The second-order valence-corrected chi connectivity index (χ2v) is 8.49. The van der Waals surface area contributed by atoms with E-state index >= 15 is 0 Å². The van der Waals surface area contributed by atoms with E-state index in [9.17, 15) is 9.59 Å². The monoisotopic (exact) mass is 422 g/mol. The summed E-state index contributed by atoms with van der Waals surface area (Å²) in [6, 6.07) is 13.6. The molecule has 3 aliphatic rings. The van der Waals surface area contributed by atoms with Crippen LogP contribution in [0.15, 0.2) is 42.5 Å². The number of hydrogen-bond donors (Lipinski definition) is 2. The van der Waals surface area contributed by atoms with E-state index in [2.05, 4.69) is 17.4 Å². The lowest BCUT2D eigenvalue weighted by Gasteiger charge is -2.34. The maximum absolute atomic E-state index is 13.5. The molecule has 0 saturated carbocycles. The van der Waals surface area contributed by atoms with Gasteiger partial charge in [0.15, 0.2) is 17.5 Å². The Kier molecular flexibility index (Phi) is 5.28. The maximum Gasteiger partial charge on any atom is 0.285 e. The Morgan fingerprint density at radius 2 is 1.94 bits per heavy atom. The van der Waals surface area contributed by atoms with Crippen LogP contribution in [0.1, 0.15) is 37.8 Å². The molecule has 0 aromatic heterocycles. The molecule has 2 aromatic rings. The quantitative estimate of drug-likeness (QED) is 0.793. The van der Waals surface area contributed by atoms with E-state index in [0.717, 1.165) is 43.0 Å². The Morgan fingerprint density at radius 1 is 1.13 bits per heavy atom. The van der Waals surface area contributed by atoms with E-state index in [1.54, 1.807) is 4.90 Å². The number of likely N-dealkylation sites (tertiary alicyclic amines) is 1. The minimum atomic E-state index is -0.262. The predicted molar refractivity (Wildman–Crippen MR) is 117 cm³/mol. The summed E-state index contributed by atoms with van der Waals surface area (Å²) < 4.78 is 11.7. The molecule has 2 aromatic carbocycles. The number of carbonyl (C=O) groups is 2. The van der Waals surface area contributed by atoms with E-state index in [1.807, 2.05) is 37.3 Å². The molecule has 0 aliphatic carbocycles. The highest BCUT2D eigenvalue weighted by Crippen LogP contribution is 2.34. The molecular weight excluding hydrogens is 394 g/mol. The molecule has 3 aliphatic heterocycles. The van der Waals surface area contributed by atoms with Crippen molar-refractivity contribution < 1.29 is 24.0 Å². The zero-order chi connectivity index (χ0) is 21.4. The highest BCUT2D eigenvalue weighted by Gasteiger charge is 2.41. The number of quaternary nitrogens is 1. The molecule has 3 heterocycles. The van der Waals surface area contributed by atoms with Crippen molar-refractivity contribution in [3.63, 3.8) is 0 Å². The van der Waals surface area contributed by atoms with Crippen molar-refractivity contribution in [2.24, 2.45) is 0 Å². The van der Waals surface area contributed by atoms with Crippen molar-refractivity contribution >= 4 is 23.2 Å². The molecule has 5 rings (SSSR count). The van der Waals surface area contributed by atoms with Crippen molar-refractivity contribution in [2.75, 3.05) is 36.5 Å². The van der Waals surface area contributed by atoms with Crippen LogP contribution in [0.5, 0.6) is 11.5 Å². The van der Waals surface area contributed by atoms with E-state index in [0.29, 0.717) is 18.9 Å². The lowest BCUT2D eigenvalue weighted by Crippen LogP contribution is -3.15. The minimum Gasteiger partial charge on any atom is -0.490 e. The number of hydrogen-bond acceptors (Lipinski definition) is 4. The summed E-state index contributed by atoms with van der Waals surface area (Å²) in [5, 5.41) is 2.86. The SMILES string of the molecule is C[C@H](C(=O)N1CC(=O)Nc2ccccc21)[NH+]1CCC[C@@H]1c1ccc2c(c1)OCCCO2. The van der Waals surface area contributed by atoms with Crippen LogP contribution in [0.2, 0.25) is 0 Å². The summed E-state index contributed by atoms with van der Waals surface area (Å²) in [6.07, 6.45) is 2.95. The second-order valence-electron chi connectivity index (χ2n) is 8.49. The van der Waals surface area contributed by atoms with Crippen LogP contribution in [0.4, 0.5) is 11.4 Å². The lowest BCUT2D eigenvalue weighted by atomic mass is 10.0. The molecule has 1 saturated heterocycles. The van der Waals surface area contributed by atoms with Gasteiger partial charge in [-0.05, 0) is 37.3 Å². The molecule has 0 radical (unpaired) electrons. The average molecular weight is 423 g/mol. The Bertz CT molecular complexity index is 1010. The van der Waals surface area contributed by atoms with Crippen LogP contribution in [0, 0.1) is 0 Å². The summed E-state index contributed by atoms with van der Waals surface area (Å²) in [6.45, 7) is 4.29. The highest BCUT2D eigenvalue weighted by molar-refractivity contribution is 6.10. The van der Waals surface area contributed by atoms with Crippen LogP contribution >= 0.6 is 0 Å². The Morgan fingerprint density at radius 3 is 2.81 bits per heavy atom. The number of carbonyl (C=O) groups excluding carboxylic acids is 2. The summed E-state index contributed by atoms with van der Waals surface area (Å²) in [4.78, 5) is 28.6. The van der Waals surface area contributed by atoms with Gasteiger partial charge in [-0.2, -0.15) is 0 Å². The van der Waals surface area contributed by atoms with E-state index in [4.69, 9.17) is 9.47 Å². The van der Waals surface area contributed by atoms with Crippen LogP contribution in [-0.2, 0) is 9.59 Å². The third-order valence-electron chi connectivity index (χ3n) is 6.54. The first kappa shape index (κ1) is 19.9. The number of rotatable bonds is 3. The van der Waals surface area contributed by atoms with Crippen molar-refractivity contribution in [3.05, 3.63) is 48.0 Å². The molecule has 0 bridgehead atoms. The number of ether oxygens (including phenoxy) is 2. The maximum atomic E-state index is 13.5. The molecule has 31 heavy (non-hydrogen) atoms. The number of nitrogens with zero attached hydrogens (tertiary/aromatic N) is 1. The van der Waals surface area contributed by atoms with Gasteiger partial charge in [0.05, 0.1) is 31.1 Å². The molecule has 0 spiro atoms. The molecule has 3 atom stereocenters. The fraction of sp³-hybridized carbons (Fsp3) is 0.417. The molecule has 7 heteroatoms. The Balaban J connectivity index is 1.39. The first-order chi connectivity index (χ1) is 15.1.